The van der Waals surface area contributed by atoms with Gasteiger partial charge >= 0.3 is 0 Å². The summed E-state index contributed by atoms with van der Waals surface area (Å²) in [5.41, 5.74) is 9.19. The molecule has 2 aromatic carbocycles. The Labute approximate surface area is 141 Å². The standard InChI is InChI=1S/C19H20N2O3/c1-2-12-3-5-13(6-4-12)18-17(20)19(22)21(18)14-7-8-15-16(11-14)24-10-9-23-15/h3-8,11,17-18H,2,9-10,20H2,1H3/t17-,18+/m1/s1. The van der Waals surface area contributed by atoms with Crippen molar-refractivity contribution >= 4 is 11.6 Å². The second-order valence-corrected chi connectivity index (χ2v) is 6.10. The summed E-state index contributed by atoms with van der Waals surface area (Å²) >= 11 is 0. The van der Waals surface area contributed by atoms with Gasteiger partial charge in [-0.2, -0.15) is 0 Å². The van der Waals surface area contributed by atoms with Crippen LogP contribution in [-0.4, -0.2) is 25.2 Å². The maximum absolute atomic E-state index is 12.4. The molecule has 2 aliphatic rings. The molecule has 4 rings (SSSR count). The minimum Gasteiger partial charge on any atom is -0.486 e. The molecule has 1 amide bonds. The Morgan fingerprint density at radius 2 is 1.79 bits per heavy atom. The number of rotatable bonds is 3. The van der Waals surface area contributed by atoms with Crippen LogP contribution in [0, 0.1) is 0 Å². The van der Waals surface area contributed by atoms with E-state index in [2.05, 4.69) is 31.2 Å². The number of nitrogens with two attached hydrogens (primary N) is 1. The van der Waals surface area contributed by atoms with Crippen LogP contribution in [0.4, 0.5) is 5.69 Å². The van der Waals surface area contributed by atoms with Crippen molar-refractivity contribution in [3.63, 3.8) is 0 Å². The van der Waals surface area contributed by atoms with Crippen molar-refractivity contribution in [2.24, 2.45) is 5.73 Å². The van der Waals surface area contributed by atoms with Crippen LogP contribution in [0.2, 0.25) is 0 Å². The molecule has 5 nitrogen and oxygen atoms in total. The Kier molecular flexibility index (Phi) is 3.65. The van der Waals surface area contributed by atoms with E-state index in [1.165, 1.54) is 5.56 Å². The molecule has 2 atom stereocenters. The number of fused-ring (bicyclic) bond motifs is 1. The summed E-state index contributed by atoms with van der Waals surface area (Å²) in [7, 11) is 0. The molecule has 0 aromatic heterocycles. The summed E-state index contributed by atoms with van der Waals surface area (Å²) < 4.78 is 11.2. The predicted octanol–water partition coefficient (Wildman–Crippen LogP) is 2.44. The lowest BCUT2D eigenvalue weighted by Gasteiger charge is -2.45. The third-order valence-electron chi connectivity index (χ3n) is 4.67. The number of nitrogens with zero attached hydrogens (tertiary/aromatic N) is 1. The lowest BCUT2D eigenvalue weighted by atomic mass is 9.88. The number of benzene rings is 2. The maximum atomic E-state index is 12.4. The van der Waals surface area contributed by atoms with Crippen LogP contribution in [0.5, 0.6) is 11.5 Å². The zero-order valence-electron chi connectivity index (χ0n) is 13.6. The average molecular weight is 324 g/mol. The highest BCUT2D eigenvalue weighted by Crippen LogP contribution is 2.42. The van der Waals surface area contributed by atoms with E-state index in [9.17, 15) is 4.79 Å². The molecule has 24 heavy (non-hydrogen) atoms. The molecule has 1 fully saturated rings. The Morgan fingerprint density at radius 1 is 1.08 bits per heavy atom. The largest absolute Gasteiger partial charge is 0.486 e. The van der Waals surface area contributed by atoms with Gasteiger partial charge in [0.2, 0.25) is 5.91 Å². The fourth-order valence-corrected chi connectivity index (χ4v) is 3.29. The third kappa shape index (κ3) is 2.32. The SMILES string of the molecule is CCc1ccc([C@H]2[C@@H](N)C(=O)N2c2ccc3c(c2)OCCO3)cc1. The Balaban J connectivity index is 1.66. The third-order valence-corrected chi connectivity index (χ3v) is 4.67. The van der Waals surface area contributed by atoms with Crippen LogP contribution >= 0.6 is 0 Å². The van der Waals surface area contributed by atoms with Crippen molar-refractivity contribution in [2.75, 3.05) is 18.1 Å². The monoisotopic (exact) mass is 324 g/mol. The van der Waals surface area contributed by atoms with Gasteiger partial charge in [-0.1, -0.05) is 31.2 Å². The van der Waals surface area contributed by atoms with Gasteiger partial charge in [-0.15, -0.1) is 0 Å². The highest BCUT2D eigenvalue weighted by atomic mass is 16.6. The van der Waals surface area contributed by atoms with E-state index in [4.69, 9.17) is 15.2 Å². The normalized spacial score (nSPS) is 22.2. The predicted molar refractivity (Wildman–Crippen MR) is 91.5 cm³/mol. The minimum atomic E-state index is -0.509. The molecule has 124 valence electrons. The molecule has 0 unspecified atom stereocenters. The Bertz CT molecular complexity index is 773. The van der Waals surface area contributed by atoms with Gasteiger partial charge in [-0.3, -0.25) is 4.79 Å². The van der Waals surface area contributed by atoms with Gasteiger partial charge in [0.25, 0.3) is 0 Å². The van der Waals surface area contributed by atoms with E-state index in [0.29, 0.717) is 24.7 Å². The average Bonchev–Trinajstić information content (AvgIpc) is 2.65. The van der Waals surface area contributed by atoms with Gasteiger partial charge < -0.3 is 20.1 Å². The second-order valence-electron chi connectivity index (χ2n) is 6.10. The first-order chi connectivity index (χ1) is 11.7. The molecule has 2 aliphatic heterocycles. The fraction of sp³-hybridized carbons (Fsp3) is 0.316. The summed E-state index contributed by atoms with van der Waals surface area (Å²) in [5.74, 6) is 1.31. The summed E-state index contributed by atoms with van der Waals surface area (Å²) in [6.07, 6.45) is 0.988. The summed E-state index contributed by atoms with van der Waals surface area (Å²) in [6, 6.07) is 13.2. The van der Waals surface area contributed by atoms with E-state index in [0.717, 1.165) is 17.7 Å². The topological polar surface area (TPSA) is 64.8 Å². The quantitative estimate of drug-likeness (QED) is 0.881. The van der Waals surface area contributed by atoms with Crippen molar-refractivity contribution in [1.29, 1.82) is 0 Å². The molecule has 0 aliphatic carbocycles. The highest BCUT2D eigenvalue weighted by Gasteiger charge is 2.46. The van der Waals surface area contributed by atoms with Crippen LogP contribution < -0.4 is 20.1 Å². The summed E-state index contributed by atoms with van der Waals surface area (Å²) in [6.45, 7) is 3.19. The van der Waals surface area contributed by atoms with Crippen LogP contribution in [0.25, 0.3) is 0 Å². The zero-order chi connectivity index (χ0) is 16.7. The molecule has 5 heteroatoms. The van der Waals surface area contributed by atoms with E-state index in [1.54, 1.807) is 4.90 Å². The molecule has 1 saturated heterocycles. The Morgan fingerprint density at radius 3 is 2.50 bits per heavy atom. The highest BCUT2D eigenvalue weighted by molar-refractivity contribution is 6.05. The van der Waals surface area contributed by atoms with Crippen molar-refractivity contribution < 1.29 is 14.3 Å². The van der Waals surface area contributed by atoms with Crippen LogP contribution in [-0.2, 0) is 11.2 Å². The van der Waals surface area contributed by atoms with Gasteiger partial charge in [0.15, 0.2) is 11.5 Å². The lowest BCUT2D eigenvalue weighted by molar-refractivity contribution is -0.126. The number of hydrogen-bond acceptors (Lipinski definition) is 4. The summed E-state index contributed by atoms with van der Waals surface area (Å²) in [5, 5.41) is 0. The van der Waals surface area contributed by atoms with Crippen LogP contribution in [0.1, 0.15) is 24.1 Å². The fourth-order valence-electron chi connectivity index (χ4n) is 3.29. The number of aryl methyl sites for hydroxylation is 1. The molecule has 2 aromatic rings. The first-order valence-electron chi connectivity index (χ1n) is 8.26. The molecule has 0 radical (unpaired) electrons. The van der Waals surface area contributed by atoms with Gasteiger partial charge in [0.1, 0.15) is 19.3 Å². The van der Waals surface area contributed by atoms with Gasteiger partial charge in [0.05, 0.1) is 6.04 Å². The maximum Gasteiger partial charge on any atom is 0.247 e. The first-order valence-corrected chi connectivity index (χ1v) is 8.26. The number of ether oxygens (including phenoxy) is 2. The lowest BCUT2D eigenvalue weighted by Crippen LogP contribution is -2.63. The molecular formula is C19H20N2O3. The summed E-state index contributed by atoms with van der Waals surface area (Å²) in [4.78, 5) is 14.1. The van der Waals surface area contributed by atoms with E-state index in [1.807, 2.05) is 18.2 Å². The molecular weight excluding hydrogens is 304 g/mol. The van der Waals surface area contributed by atoms with Crippen molar-refractivity contribution in [1.82, 2.24) is 0 Å². The number of carbonyl (C=O) groups is 1. The van der Waals surface area contributed by atoms with E-state index in [-0.39, 0.29) is 11.9 Å². The van der Waals surface area contributed by atoms with Crippen LogP contribution in [0.3, 0.4) is 0 Å². The second kappa shape index (κ2) is 5.83. The van der Waals surface area contributed by atoms with E-state index >= 15 is 0 Å². The van der Waals surface area contributed by atoms with Crippen LogP contribution in [0.15, 0.2) is 42.5 Å². The van der Waals surface area contributed by atoms with Gasteiger partial charge in [-0.05, 0) is 29.7 Å². The number of hydrogen-bond donors (Lipinski definition) is 1. The van der Waals surface area contributed by atoms with Crippen molar-refractivity contribution in [2.45, 2.75) is 25.4 Å². The zero-order valence-corrected chi connectivity index (χ0v) is 13.6. The van der Waals surface area contributed by atoms with Crippen molar-refractivity contribution in [3.05, 3.63) is 53.6 Å². The van der Waals surface area contributed by atoms with Gasteiger partial charge in [-0.25, -0.2) is 0 Å². The smallest absolute Gasteiger partial charge is 0.247 e. The molecule has 0 bridgehead atoms. The number of β-lactam (4-membered cyclic amide) rings is 1. The minimum absolute atomic E-state index is 0.0729. The van der Waals surface area contributed by atoms with Gasteiger partial charge in [0, 0.05) is 11.8 Å². The van der Waals surface area contributed by atoms with E-state index < -0.39 is 6.04 Å². The molecule has 0 spiro atoms. The number of anilines is 1. The number of amides is 1. The van der Waals surface area contributed by atoms with Crippen molar-refractivity contribution in [3.8, 4) is 11.5 Å². The first kappa shape index (κ1) is 15.0. The molecule has 2 heterocycles. The Hall–Kier alpha value is -2.53. The number of carbonyl (C=O) groups excluding carboxylic acids is 1. The molecule has 0 saturated carbocycles. The molecule has 2 N–H and O–H groups in total.